The van der Waals surface area contributed by atoms with Gasteiger partial charge in [-0.2, -0.15) is 0 Å². The molecule has 4 nitrogen and oxygen atoms in total. The molecule has 0 radical (unpaired) electrons. The van der Waals surface area contributed by atoms with E-state index in [1.807, 2.05) is 4.90 Å². The fourth-order valence-corrected chi connectivity index (χ4v) is 3.27. The van der Waals surface area contributed by atoms with Crippen LogP contribution in [0.3, 0.4) is 0 Å². The summed E-state index contributed by atoms with van der Waals surface area (Å²) in [7, 11) is 0. The lowest BCUT2D eigenvalue weighted by molar-refractivity contribution is 0.0521. The number of hydrogen-bond donors (Lipinski definition) is 3. The highest BCUT2D eigenvalue weighted by Gasteiger charge is 2.15. The Hall–Kier alpha value is -0.680. The molecule has 2 atom stereocenters. The number of allylic oxidation sites excluding steroid dienone is 4. The first kappa shape index (κ1) is 27.3. The van der Waals surface area contributed by atoms with Crippen LogP contribution in [-0.4, -0.2) is 58.7 Å². The van der Waals surface area contributed by atoms with Gasteiger partial charge in [-0.05, 0) is 51.4 Å². The maximum Gasteiger partial charge on any atom is 0.0667 e. The molecule has 0 aromatic heterocycles. The monoisotopic (exact) mass is 397 g/mol. The van der Waals surface area contributed by atoms with Gasteiger partial charge in [0.15, 0.2) is 0 Å². The van der Waals surface area contributed by atoms with E-state index in [-0.39, 0.29) is 18.8 Å². The van der Waals surface area contributed by atoms with Gasteiger partial charge in [0.05, 0.1) is 18.8 Å². The maximum absolute atomic E-state index is 10.3. The average molecular weight is 398 g/mol. The predicted octanol–water partition coefficient (Wildman–Crippen LogP) is 4.84. The highest BCUT2D eigenvalue weighted by Crippen LogP contribution is 2.10. The number of aliphatic hydroxyl groups is 3. The van der Waals surface area contributed by atoms with E-state index in [2.05, 4.69) is 38.2 Å². The van der Waals surface area contributed by atoms with Gasteiger partial charge >= 0.3 is 0 Å². The topological polar surface area (TPSA) is 63.9 Å². The molecule has 0 aliphatic carbocycles. The van der Waals surface area contributed by atoms with Crippen LogP contribution in [0.15, 0.2) is 24.3 Å². The lowest BCUT2D eigenvalue weighted by Crippen LogP contribution is -2.39. The summed E-state index contributed by atoms with van der Waals surface area (Å²) in [6, 6.07) is 0. The zero-order valence-electron chi connectivity index (χ0n) is 18.6. The van der Waals surface area contributed by atoms with Gasteiger partial charge in [-0.3, -0.25) is 4.90 Å². The van der Waals surface area contributed by atoms with Crippen molar-refractivity contribution in [1.29, 1.82) is 0 Å². The molecule has 0 aliphatic rings. The van der Waals surface area contributed by atoms with Crippen LogP contribution in [0, 0.1) is 0 Å². The molecule has 2 unspecified atom stereocenters. The van der Waals surface area contributed by atoms with Crippen LogP contribution < -0.4 is 0 Å². The molecule has 28 heavy (non-hydrogen) atoms. The zero-order chi connectivity index (χ0) is 20.9. The number of aliphatic hydroxyl groups excluding tert-OH is 3. The van der Waals surface area contributed by atoms with Crippen molar-refractivity contribution in [2.45, 2.75) is 103 Å². The Labute approximate surface area is 174 Å². The Balaban J connectivity index is 3.92. The summed E-state index contributed by atoms with van der Waals surface area (Å²) in [5, 5.41) is 29.8. The van der Waals surface area contributed by atoms with Crippen molar-refractivity contribution in [3.05, 3.63) is 24.3 Å². The van der Waals surface area contributed by atoms with Crippen molar-refractivity contribution in [2.75, 3.05) is 26.2 Å². The molecular formula is C24H47NO3. The van der Waals surface area contributed by atoms with Crippen LogP contribution in [-0.2, 0) is 0 Å². The molecule has 0 aliphatic heterocycles. The number of rotatable bonds is 20. The van der Waals surface area contributed by atoms with Gasteiger partial charge in [0.2, 0.25) is 0 Å². The standard InChI is InChI=1S/C24H47NO3/c1-3-5-7-9-11-13-15-17-23(27)21-25(19-20-26)22-24(28)18-16-14-12-10-8-6-4-2/h7-10,23-24,26-28H,3-6,11-22H2,1-2H3/b9-7+,10-8+. The van der Waals surface area contributed by atoms with E-state index < -0.39 is 0 Å². The van der Waals surface area contributed by atoms with Gasteiger partial charge in [0.1, 0.15) is 0 Å². The van der Waals surface area contributed by atoms with Gasteiger partial charge in [-0.1, -0.05) is 63.8 Å². The van der Waals surface area contributed by atoms with Crippen LogP contribution in [0.1, 0.15) is 90.9 Å². The van der Waals surface area contributed by atoms with Crippen molar-refractivity contribution in [3.8, 4) is 0 Å². The number of hydrogen-bond acceptors (Lipinski definition) is 4. The van der Waals surface area contributed by atoms with E-state index in [0.29, 0.717) is 19.6 Å². The third-order valence-electron chi connectivity index (χ3n) is 4.91. The second-order valence-electron chi connectivity index (χ2n) is 7.88. The molecular weight excluding hydrogens is 350 g/mol. The van der Waals surface area contributed by atoms with Crippen LogP contribution in [0.5, 0.6) is 0 Å². The van der Waals surface area contributed by atoms with E-state index in [9.17, 15) is 15.3 Å². The summed E-state index contributed by atoms with van der Waals surface area (Å²) in [6.07, 6.45) is 20.8. The predicted molar refractivity (Wildman–Crippen MR) is 121 cm³/mol. The molecule has 0 aromatic rings. The van der Waals surface area contributed by atoms with Crippen molar-refractivity contribution in [2.24, 2.45) is 0 Å². The molecule has 0 aromatic carbocycles. The second-order valence-corrected chi connectivity index (χ2v) is 7.88. The number of unbranched alkanes of at least 4 members (excludes halogenated alkanes) is 6. The highest BCUT2D eigenvalue weighted by atomic mass is 16.3. The first-order valence-corrected chi connectivity index (χ1v) is 11.6. The molecule has 4 heteroatoms. The molecule has 0 spiro atoms. The van der Waals surface area contributed by atoms with Crippen LogP contribution in [0.2, 0.25) is 0 Å². The molecule has 0 saturated carbocycles. The second kappa shape index (κ2) is 21.0. The zero-order valence-corrected chi connectivity index (χ0v) is 18.6. The summed E-state index contributed by atoms with van der Waals surface area (Å²) >= 11 is 0. The molecule has 0 fully saturated rings. The van der Waals surface area contributed by atoms with Crippen molar-refractivity contribution in [3.63, 3.8) is 0 Å². The van der Waals surface area contributed by atoms with Crippen molar-refractivity contribution in [1.82, 2.24) is 4.90 Å². The molecule has 166 valence electrons. The van der Waals surface area contributed by atoms with E-state index in [1.165, 1.54) is 12.8 Å². The minimum Gasteiger partial charge on any atom is -0.395 e. The first-order chi connectivity index (χ1) is 13.6. The Morgan fingerprint density at radius 3 is 1.50 bits per heavy atom. The molecule has 0 bridgehead atoms. The van der Waals surface area contributed by atoms with E-state index >= 15 is 0 Å². The van der Waals surface area contributed by atoms with E-state index in [0.717, 1.165) is 64.2 Å². The Morgan fingerprint density at radius 1 is 0.679 bits per heavy atom. The minimum absolute atomic E-state index is 0.0594. The Bertz CT molecular complexity index is 339. The van der Waals surface area contributed by atoms with Gasteiger partial charge in [0.25, 0.3) is 0 Å². The highest BCUT2D eigenvalue weighted by molar-refractivity contribution is 4.81. The summed E-state index contributed by atoms with van der Waals surface area (Å²) in [5.41, 5.74) is 0. The molecule has 3 N–H and O–H groups in total. The molecule has 0 saturated heterocycles. The minimum atomic E-state index is -0.387. The molecule has 0 amide bonds. The summed E-state index contributed by atoms with van der Waals surface area (Å²) in [5.74, 6) is 0. The van der Waals surface area contributed by atoms with E-state index in [1.54, 1.807) is 0 Å². The lowest BCUT2D eigenvalue weighted by atomic mass is 10.1. The molecule has 0 heterocycles. The van der Waals surface area contributed by atoms with Crippen LogP contribution >= 0.6 is 0 Å². The van der Waals surface area contributed by atoms with Crippen molar-refractivity contribution >= 4 is 0 Å². The van der Waals surface area contributed by atoms with Crippen LogP contribution in [0.4, 0.5) is 0 Å². The fraction of sp³-hybridized carbons (Fsp3) is 0.833. The number of nitrogens with zero attached hydrogens (tertiary/aromatic N) is 1. The summed E-state index contributed by atoms with van der Waals surface area (Å²) < 4.78 is 0. The third kappa shape index (κ3) is 18.7. The normalized spacial score (nSPS) is 14.5. The van der Waals surface area contributed by atoms with E-state index in [4.69, 9.17) is 0 Å². The molecule has 0 rings (SSSR count). The Kier molecular flexibility index (Phi) is 20.5. The van der Waals surface area contributed by atoms with Gasteiger partial charge in [0, 0.05) is 19.6 Å². The van der Waals surface area contributed by atoms with Gasteiger partial charge in [-0.15, -0.1) is 0 Å². The first-order valence-electron chi connectivity index (χ1n) is 11.6. The SMILES string of the molecule is CCC/C=C/CCCCC(O)CN(CCO)CC(O)CCCC/C=C/CCC. The lowest BCUT2D eigenvalue weighted by Gasteiger charge is -2.26. The van der Waals surface area contributed by atoms with Crippen LogP contribution in [0.25, 0.3) is 0 Å². The fourth-order valence-electron chi connectivity index (χ4n) is 3.27. The van der Waals surface area contributed by atoms with Gasteiger partial charge < -0.3 is 15.3 Å². The smallest absolute Gasteiger partial charge is 0.0667 e. The van der Waals surface area contributed by atoms with Gasteiger partial charge in [-0.25, -0.2) is 0 Å². The Morgan fingerprint density at radius 2 is 1.11 bits per heavy atom. The van der Waals surface area contributed by atoms with Crippen molar-refractivity contribution < 1.29 is 15.3 Å². The summed E-state index contributed by atoms with van der Waals surface area (Å²) in [4.78, 5) is 2.00. The third-order valence-corrected chi connectivity index (χ3v) is 4.91. The maximum atomic E-state index is 10.3. The quantitative estimate of drug-likeness (QED) is 0.203. The largest absolute Gasteiger partial charge is 0.395 e. The summed E-state index contributed by atoms with van der Waals surface area (Å²) in [6.45, 7) is 5.99. The average Bonchev–Trinajstić information content (AvgIpc) is 2.66.